The fourth-order valence-corrected chi connectivity index (χ4v) is 4.98. The third kappa shape index (κ3) is 3.08. The summed E-state index contributed by atoms with van der Waals surface area (Å²) in [5.41, 5.74) is 6.12. The number of thiophene rings is 1. The van der Waals surface area contributed by atoms with Gasteiger partial charge in [0.2, 0.25) is 0 Å². The van der Waals surface area contributed by atoms with Gasteiger partial charge in [-0.05, 0) is 19.3 Å². The standard InChI is InChI=1S/C14H22N2O3S2/c1-4-21(18,19)13-10(15)12(11(17)8(2)3)20-14(13)16-9-6-5-7-9/h8-9,16H,4-7,15H2,1-3H3. The first kappa shape index (κ1) is 16.3. The summed E-state index contributed by atoms with van der Waals surface area (Å²) in [7, 11) is -3.46. The molecule has 1 fully saturated rings. The highest BCUT2D eigenvalue weighted by molar-refractivity contribution is 7.92. The Labute approximate surface area is 129 Å². The molecular weight excluding hydrogens is 308 g/mol. The number of anilines is 2. The average molecular weight is 330 g/mol. The van der Waals surface area contributed by atoms with Crippen LogP contribution in [0.15, 0.2) is 4.90 Å². The number of hydrogen-bond acceptors (Lipinski definition) is 6. The van der Waals surface area contributed by atoms with E-state index in [1.165, 1.54) is 11.3 Å². The van der Waals surface area contributed by atoms with Crippen LogP contribution in [0.3, 0.4) is 0 Å². The zero-order chi connectivity index (χ0) is 15.8. The molecule has 2 rings (SSSR count). The number of ketones is 1. The first-order chi connectivity index (χ1) is 9.77. The van der Waals surface area contributed by atoms with Gasteiger partial charge in [-0.1, -0.05) is 20.8 Å². The largest absolute Gasteiger partial charge is 0.396 e. The molecule has 1 aliphatic carbocycles. The normalized spacial score (nSPS) is 16.0. The van der Waals surface area contributed by atoms with Crippen molar-refractivity contribution in [3.63, 3.8) is 0 Å². The van der Waals surface area contributed by atoms with Gasteiger partial charge in [0.25, 0.3) is 0 Å². The molecule has 0 saturated heterocycles. The Balaban J connectivity index is 2.51. The van der Waals surface area contributed by atoms with Crippen molar-refractivity contribution in [2.24, 2.45) is 5.92 Å². The van der Waals surface area contributed by atoms with Crippen molar-refractivity contribution < 1.29 is 13.2 Å². The Bertz CT molecular complexity index is 643. The lowest BCUT2D eigenvalue weighted by Crippen LogP contribution is -2.27. The number of carbonyl (C=O) groups is 1. The molecule has 118 valence electrons. The maximum Gasteiger partial charge on any atom is 0.183 e. The van der Waals surface area contributed by atoms with E-state index >= 15 is 0 Å². The molecule has 0 unspecified atom stereocenters. The lowest BCUT2D eigenvalue weighted by Gasteiger charge is -2.27. The first-order valence-electron chi connectivity index (χ1n) is 7.23. The molecule has 0 bridgehead atoms. The van der Waals surface area contributed by atoms with Crippen LogP contribution < -0.4 is 11.1 Å². The number of Topliss-reactive ketones (excluding diaryl/α,β-unsaturated/α-hetero) is 1. The van der Waals surface area contributed by atoms with Crippen LogP contribution in [-0.2, 0) is 9.84 Å². The van der Waals surface area contributed by atoms with E-state index in [0.29, 0.717) is 9.88 Å². The minimum Gasteiger partial charge on any atom is -0.396 e. The van der Waals surface area contributed by atoms with Crippen LogP contribution >= 0.6 is 11.3 Å². The minimum atomic E-state index is -3.46. The molecule has 0 aliphatic heterocycles. The predicted molar refractivity (Wildman–Crippen MR) is 86.9 cm³/mol. The van der Waals surface area contributed by atoms with E-state index < -0.39 is 9.84 Å². The number of nitrogens with one attached hydrogen (secondary N) is 1. The zero-order valence-corrected chi connectivity index (χ0v) is 14.2. The van der Waals surface area contributed by atoms with E-state index in [2.05, 4.69) is 5.32 Å². The second-order valence-electron chi connectivity index (χ2n) is 5.70. The zero-order valence-electron chi connectivity index (χ0n) is 12.6. The minimum absolute atomic E-state index is 0.0252. The van der Waals surface area contributed by atoms with Gasteiger partial charge in [-0.3, -0.25) is 4.79 Å². The monoisotopic (exact) mass is 330 g/mol. The maximum atomic E-state index is 12.3. The number of nitrogens with two attached hydrogens (primary N) is 1. The third-order valence-corrected chi connectivity index (χ3v) is 6.87. The van der Waals surface area contributed by atoms with E-state index in [4.69, 9.17) is 5.73 Å². The van der Waals surface area contributed by atoms with Crippen LogP contribution in [0.1, 0.15) is 49.7 Å². The Kier molecular flexibility index (Phi) is 4.63. The molecule has 1 aliphatic rings. The highest BCUT2D eigenvalue weighted by atomic mass is 32.2. The highest BCUT2D eigenvalue weighted by Gasteiger charge is 2.31. The van der Waals surface area contributed by atoms with E-state index in [-0.39, 0.29) is 34.1 Å². The second kappa shape index (κ2) is 5.96. The van der Waals surface area contributed by atoms with Crippen LogP contribution in [0, 0.1) is 5.92 Å². The van der Waals surface area contributed by atoms with Gasteiger partial charge < -0.3 is 11.1 Å². The molecule has 0 spiro atoms. The van der Waals surface area contributed by atoms with Gasteiger partial charge in [-0.2, -0.15) is 0 Å². The van der Waals surface area contributed by atoms with Crippen LogP contribution in [0.2, 0.25) is 0 Å². The van der Waals surface area contributed by atoms with Crippen LogP contribution in [0.25, 0.3) is 0 Å². The molecule has 21 heavy (non-hydrogen) atoms. The molecule has 3 N–H and O–H groups in total. The van der Waals surface area contributed by atoms with Crippen LogP contribution in [0.5, 0.6) is 0 Å². The second-order valence-corrected chi connectivity index (χ2v) is 8.93. The molecule has 1 saturated carbocycles. The lowest BCUT2D eigenvalue weighted by atomic mass is 9.93. The average Bonchev–Trinajstić information content (AvgIpc) is 2.70. The van der Waals surface area contributed by atoms with Gasteiger partial charge in [0.05, 0.1) is 16.3 Å². The van der Waals surface area contributed by atoms with Crippen molar-refractivity contribution in [1.29, 1.82) is 0 Å². The van der Waals surface area contributed by atoms with Crippen LogP contribution in [-0.4, -0.2) is 26.0 Å². The SMILES string of the molecule is CCS(=O)(=O)c1c(NC2CCC2)sc(C(=O)C(C)C)c1N. The molecule has 0 amide bonds. The molecular formula is C14H22N2O3S2. The predicted octanol–water partition coefficient (Wildman–Crippen LogP) is 2.93. The Morgan fingerprint density at radius 1 is 1.43 bits per heavy atom. The fraction of sp³-hybridized carbons (Fsp3) is 0.643. The molecule has 7 heteroatoms. The quantitative estimate of drug-likeness (QED) is 0.783. The molecule has 0 atom stereocenters. The Morgan fingerprint density at radius 3 is 2.48 bits per heavy atom. The summed E-state index contributed by atoms with van der Waals surface area (Å²) in [6.07, 6.45) is 3.19. The van der Waals surface area contributed by atoms with Crippen molar-refractivity contribution >= 4 is 37.6 Å². The van der Waals surface area contributed by atoms with E-state index in [1.807, 2.05) is 0 Å². The summed E-state index contributed by atoms with van der Waals surface area (Å²) in [5, 5.41) is 3.78. The van der Waals surface area contributed by atoms with Gasteiger partial charge in [-0.25, -0.2) is 8.42 Å². The van der Waals surface area contributed by atoms with Crippen molar-refractivity contribution in [1.82, 2.24) is 0 Å². The summed E-state index contributed by atoms with van der Waals surface area (Å²) in [4.78, 5) is 12.7. The van der Waals surface area contributed by atoms with Gasteiger partial charge in [0.1, 0.15) is 9.90 Å². The smallest absolute Gasteiger partial charge is 0.183 e. The van der Waals surface area contributed by atoms with Crippen LogP contribution in [0.4, 0.5) is 10.7 Å². The fourth-order valence-electron chi connectivity index (χ4n) is 2.16. The maximum absolute atomic E-state index is 12.3. The summed E-state index contributed by atoms with van der Waals surface area (Å²) in [6.45, 7) is 5.16. The molecule has 1 aromatic heterocycles. The number of rotatable bonds is 6. The molecule has 1 heterocycles. The van der Waals surface area contributed by atoms with E-state index in [9.17, 15) is 13.2 Å². The van der Waals surface area contributed by atoms with Gasteiger partial charge in [-0.15, -0.1) is 11.3 Å². The van der Waals surface area contributed by atoms with Gasteiger partial charge >= 0.3 is 0 Å². The molecule has 0 aromatic carbocycles. The molecule has 1 aromatic rings. The third-order valence-electron chi connectivity index (χ3n) is 3.78. The topological polar surface area (TPSA) is 89.3 Å². The Morgan fingerprint density at radius 2 is 2.05 bits per heavy atom. The summed E-state index contributed by atoms with van der Waals surface area (Å²) < 4.78 is 24.6. The summed E-state index contributed by atoms with van der Waals surface area (Å²) >= 11 is 1.18. The summed E-state index contributed by atoms with van der Waals surface area (Å²) in [5.74, 6) is -0.339. The van der Waals surface area contributed by atoms with Gasteiger partial charge in [0.15, 0.2) is 15.6 Å². The lowest BCUT2D eigenvalue weighted by molar-refractivity contribution is 0.0944. The summed E-state index contributed by atoms with van der Waals surface area (Å²) in [6, 6.07) is 0.288. The van der Waals surface area contributed by atoms with Crippen molar-refractivity contribution in [3.05, 3.63) is 4.88 Å². The van der Waals surface area contributed by atoms with Gasteiger partial charge in [0, 0.05) is 12.0 Å². The number of carbonyl (C=O) groups excluding carboxylic acids is 1. The van der Waals surface area contributed by atoms with Crippen molar-refractivity contribution in [2.75, 3.05) is 16.8 Å². The van der Waals surface area contributed by atoms with E-state index in [1.54, 1.807) is 20.8 Å². The number of hydrogen-bond donors (Lipinski definition) is 2. The number of nitrogen functional groups attached to an aromatic ring is 1. The molecule has 5 nitrogen and oxygen atoms in total. The van der Waals surface area contributed by atoms with E-state index in [0.717, 1.165) is 19.3 Å². The van der Waals surface area contributed by atoms with Crippen molar-refractivity contribution in [2.45, 2.75) is 51.0 Å². The highest BCUT2D eigenvalue weighted by Crippen LogP contribution is 2.42. The molecule has 0 radical (unpaired) electrons. The first-order valence-corrected chi connectivity index (χ1v) is 9.70. The van der Waals surface area contributed by atoms with Crippen molar-refractivity contribution in [3.8, 4) is 0 Å². The Hall–Kier alpha value is -1.08. The number of sulfone groups is 1.